The molecule has 0 aliphatic rings. The third-order valence-corrected chi connectivity index (χ3v) is 4.17. The van der Waals surface area contributed by atoms with Crippen molar-refractivity contribution in [1.82, 2.24) is 19.9 Å². The van der Waals surface area contributed by atoms with Crippen LogP contribution in [-0.2, 0) is 0 Å². The van der Waals surface area contributed by atoms with E-state index in [0.717, 1.165) is 33.2 Å². The zero-order chi connectivity index (χ0) is 16.8. The number of benzene rings is 2. The molecule has 0 fully saturated rings. The van der Waals surface area contributed by atoms with E-state index < -0.39 is 12.2 Å². The SMILES string of the molecule is Cc1ccc2nc([C@@H](O)[C@@H](O)c3nc4ccc(C)cc4[nH]3)[nH]c2c1. The molecule has 2 aromatic carbocycles. The van der Waals surface area contributed by atoms with Crippen LogP contribution >= 0.6 is 0 Å². The maximum absolute atomic E-state index is 10.5. The Hall–Kier alpha value is -2.70. The molecule has 2 aromatic heterocycles. The second-order valence-corrected chi connectivity index (χ2v) is 6.17. The van der Waals surface area contributed by atoms with Gasteiger partial charge in [0.05, 0.1) is 22.1 Å². The van der Waals surface area contributed by atoms with E-state index in [1.165, 1.54) is 0 Å². The van der Waals surface area contributed by atoms with Crippen LogP contribution in [0.4, 0.5) is 0 Å². The lowest BCUT2D eigenvalue weighted by atomic mass is 10.2. The minimum absolute atomic E-state index is 0.319. The number of fused-ring (bicyclic) bond motifs is 2. The van der Waals surface area contributed by atoms with Crippen molar-refractivity contribution in [2.75, 3.05) is 0 Å². The number of hydrogen-bond donors (Lipinski definition) is 4. The lowest BCUT2D eigenvalue weighted by Gasteiger charge is -2.13. The second kappa shape index (κ2) is 5.43. The first-order valence-electron chi connectivity index (χ1n) is 7.80. The van der Waals surface area contributed by atoms with Gasteiger partial charge in [0.15, 0.2) is 0 Å². The number of nitrogens with zero attached hydrogens (tertiary/aromatic N) is 2. The van der Waals surface area contributed by atoms with Gasteiger partial charge in [0.25, 0.3) is 0 Å². The van der Waals surface area contributed by atoms with Crippen molar-refractivity contribution < 1.29 is 10.2 Å². The molecule has 0 bridgehead atoms. The maximum atomic E-state index is 10.5. The number of aliphatic hydroxyl groups is 2. The summed E-state index contributed by atoms with van der Waals surface area (Å²) in [5.74, 6) is 0.638. The molecular weight excluding hydrogens is 304 g/mol. The zero-order valence-corrected chi connectivity index (χ0v) is 13.4. The van der Waals surface area contributed by atoms with Gasteiger partial charge >= 0.3 is 0 Å². The monoisotopic (exact) mass is 322 g/mol. The fourth-order valence-electron chi connectivity index (χ4n) is 2.87. The van der Waals surface area contributed by atoms with E-state index >= 15 is 0 Å². The summed E-state index contributed by atoms with van der Waals surface area (Å²) in [5.41, 5.74) is 5.36. The first-order valence-corrected chi connectivity index (χ1v) is 7.80. The van der Waals surface area contributed by atoms with Crippen molar-refractivity contribution >= 4 is 22.1 Å². The van der Waals surface area contributed by atoms with Gasteiger partial charge in [-0.05, 0) is 49.2 Å². The number of imidazole rings is 2. The molecule has 0 saturated carbocycles. The largest absolute Gasteiger partial charge is 0.382 e. The zero-order valence-electron chi connectivity index (χ0n) is 13.4. The minimum atomic E-state index is -1.20. The van der Waals surface area contributed by atoms with Gasteiger partial charge in [0, 0.05) is 0 Å². The van der Waals surface area contributed by atoms with Crippen molar-refractivity contribution in [2.45, 2.75) is 26.1 Å². The molecule has 0 aliphatic carbocycles. The lowest BCUT2D eigenvalue weighted by Crippen LogP contribution is -2.13. The molecule has 0 saturated heterocycles. The average molecular weight is 322 g/mol. The molecule has 0 aliphatic heterocycles. The van der Waals surface area contributed by atoms with Crippen LogP contribution in [0.3, 0.4) is 0 Å². The number of aromatic nitrogens is 4. The Morgan fingerprint density at radius 2 is 1.17 bits per heavy atom. The molecule has 0 radical (unpaired) electrons. The quantitative estimate of drug-likeness (QED) is 0.466. The molecule has 0 spiro atoms. The summed E-state index contributed by atoms with van der Waals surface area (Å²) in [5, 5.41) is 21.0. The maximum Gasteiger partial charge on any atom is 0.145 e. The van der Waals surface area contributed by atoms with Crippen molar-refractivity contribution in [1.29, 1.82) is 0 Å². The first-order chi connectivity index (χ1) is 11.5. The molecule has 4 N–H and O–H groups in total. The van der Waals surface area contributed by atoms with E-state index in [1.807, 2.05) is 50.2 Å². The topological polar surface area (TPSA) is 97.8 Å². The van der Waals surface area contributed by atoms with Crippen LogP contribution in [0.1, 0.15) is 35.0 Å². The van der Waals surface area contributed by atoms with Gasteiger partial charge in [0.2, 0.25) is 0 Å². The summed E-state index contributed by atoms with van der Waals surface area (Å²) < 4.78 is 0. The molecule has 6 heteroatoms. The summed E-state index contributed by atoms with van der Waals surface area (Å²) >= 11 is 0. The highest BCUT2D eigenvalue weighted by Crippen LogP contribution is 2.28. The highest BCUT2D eigenvalue weighted by atomic mass is 16.3. The Kier molecular flexibility index (Phi) is 3.37. The van der Waals surface area contributed by atoms with Crippen molar-refractivity contribution in [2.24, 2.45) is 0 Å². The number of aliphatic hydroxyl groups excluding tert-OH is 2. The average Bonchev–Trinajstić information content (AvgIpc) is 3.16. The molecule has 6 nitrogen and oxygen atoms in total. The van der Waals surface area contributed by atoms with Crippen LogP contribution in [0.15, 0.2) is 36.4 Å². The number of aromatic amines is 2. The molecule has 0 unspecified atom stereocenters. The highest BCUT2D eigenvalue weighted by Gasteiger charge is 2.26. The number of hydrogen-bond acceptors (Lipinski definition) is 4. The summed E-state index contributed by atoms with van der Waals surface area (Å²) in [6, 6.07) is 11.6. The van der Waals surface area contributed by atoms with E-state index in [2.05, 4.69) is 19.9 Å². The molecule has 4 aromatic rings. The Morgan fingerprint density at radius 3 is 1.58 bits per heavy atom. The molecular formula is C18H18N4O2. The molecule has 2 atom stereocenters. The molecule has 122 valence electrons. The van der Waals surface area contributed by atoms with Crippen LogP contribution in [0.5, 0.6) is 0 Å². The van der Waals surface area contributed by atoms with Crippen LogP contribution in [-0.4, -0.2) is 30.1 Å². The molecule has 24 heavy (non-hydrogen) atoms. The molecule has 2 heterocycles. The predicted molar refractivity (Wildman–Crippen MR) is 91.6 cm³/mol. The van der Waals surface area contributed by atoms with Crippen molar-refractivity contribution in [3.05, 3.63) is 59.2 Å². The lowest BCUT2D eigenvalue weighted by molar-refractivity contribution is 0.00780. The van der Waals surface area contributed by atoms with Crippen molar-refractivity contribution in [3.63, 3.8) is 0 Å². The minimum Gasteiger partial charge on any atom is -0.382 e. The first kappa shape index (κ1) is 14.9. The van der Waals surface area contributed by atoms with E-state index in [9.17, 15) is 10.2 Å². The summed E-state index contributed by atoms with van der Waals surface area (Å²) in [7, 11) is 0. The van der Waals surface area contributed by atoms with Crippen LogP contribution in [0.25, 0.3) is 22.1 Å². The fraction of sp³-hybridized carbons (Fsp3) is 0.222. The van der Waals surface area contributed by atoms with E-state index in [0.29, 0.717) is 11.6 Å². The van der Waals surface area contributed by atoms with Gasteiger partial charge in [0.1, 0.15) is 23.9 Å². The summed E-state index contributed by atoms with van der Waals surface area (Å²) in [6.07, 6.45) is -2.39. The summed E-state index contributed by atoms with van der Waals surface area (Å²) in [6.45, 7) is 3.98. The van der Waals surface area contributed by atoms with E-state index in [-0.39, 0.29) is 0 Å². The Balaban J connectivity index is 1.69. The molecule has 4 rings (SSSR count). The Morgan fingerprint density at radius 1 is 0.750 bits per heavy atom. The number of nitrogens with one attached hydrogen (secondary N) is 2. The second-order valence-electron chi connectivity index (χ2n) is 6.17. The van der Waals surface area contributed by atoms with Gasteiger partial charge in [-0.15, -0.1) is 0 Å². The smallest absolute Gasteiger partial charge is 0.145 e. The number of aryl methyl sites for hydroxylation is 2. The Bertz CT molecular complexity index is 950. The van der Waals surface area contributed by atoms with E-state index in [1.54, 1.807) is 0 Å². The molecule has 0 amide bonds. The Labute approximate surface area is 138 Å². The third kappa shape index (κ3) is 2.46. The van der Waals surface area contributed by atoms with Gasteiger partial charge in [-0.3, -0.25) is 0 Å². The van der Waals surface area contributed by atoms with Crippen molar-refractivity contribution in [3.8, 4) is 0 Å². The predicted octanol–water partition coefficient (Wildman–Crippen LogP) is 2.82. The van der Waals surface area contributed by atoms with Crippen LogP contribution in [0, 0.1) is 13.8 Å². The number of H-pyrrole nitrogens is 2. The van der Waals surface area contributed by atoms with Gasteiger partial charge < -0.3 is 20.2 Å². The number of rotatable bonds is 3. The van der Waals surface area contributed by atoms with Crippen LogP contribution < -0.4 is 0 Å². The standard InChI is InChI=1S/C18H18N4O2/c1-9-3-5-11-13(7-9)21-17(19-11)15(23)16(24)18-20-12-6-4-10(2)8-14(12)22-18/h3-8,15-16,23-24H,1-2H3,(H,19,21)(H,20,22)/t15-,16+. The van der Waals surface area contributed by atoms with Crippen LogP contribution in [0.2, 0.25) is 0 Å². The highest BCUT2D eigenvalue weighted by molar-refractivity contribution is 5.76. The van der Waals surface area contributed by atoms with Gasteiger partial charge in [-0.1, -0.05) is 12.1 Å². The fourth-order valence-corrected chi connectivity index (χ4v) is 2.87. The normalized spacial score (nSPS) is 14.3. The summed E-state index contributed by atoms with van der Waals surface area (Å²) in [4.78, 5) is 14.9. The van der Waals surface area contributed by atoms with Gasteiger partial charge in [-0.25, -0.2) is 9.97 Å². The van der Waals surface area contributed by atoms with E-state index in [4.69, 9.17) is 0 Å². The third-order valence-electron chi connectivity index (χ3n) is 4.17. The van der Waals surface area contributed by atoms with Gasteiger partial charge in [-0.2, -0.15) is 0 Å².